The number of halogens is 1. The Morgan fingerprint density at radius 3 is 2.71 bits per heavy atom. The Kier molecular flexibility index (Phi) is 5.52. The normalized spacial score (nSPS) is 15.8. The fraction of sp³-hybridized carbons (Fsp3) is 0.500. The smallest absolute Gasteiger partial charge is 0.255 e. The van der Waals surface area contributed by atoms with Gasteiger partial charge < -0.3 is 15.0 Å². The van der Waals surface area contributed by atoms with E-state index >= 15 is 0 Å². The lowest BCUT2D eigenvalue weighted by Crippen LogP contribution is -2.47. The summed E-state index contributed by atoms with van der Waals surface area (Å²) in [7, 11) is 1.49. The molecule has 1 aliphatic heterocycles. The van der Waals surface area contributed by atoms with Crippen LogP contribution in [0.4, 0.5) is 0 Å². The van der Waals surface area contributed by atoms with Gasteiger partial charge in [-0.15, -0.1) is 0 Å². The van der Waals surface area contributed by atoms with Crippen molar-refractivity contribution in [1.29, 1.82) is 0 Å². The van der Waals surface area contributed by atoms with Crippen LogP contribution in [0, 0.1) is 0 Å². The molecule has 21 heavy (non-hydrogen) atoms. The maximum absolute atomic E-state index is 12.3. The van der Waals surface area contributed by atoms with Gasteiger partial charge in [0.25, 0.3) is 5.91 Å². The first-order valence-corrected chi connectivity index (χ1v) is 7.17. The monoisotopic (exact) mass is 311 g/mol. The second kappa shape index (κ2) is 7.38. The summed E-state index contributed by atoms with van der Waals surface area (Å²) in [6.07, 6.45) is 2.96. The third-order valence-electron chi connectivity index (χ3n) is 3.40. The Bertz CT molecular complexity index is 499. The number of carbonyl (C=O) groups excluding carboxylic acids is 2. The molecule has 1 N–H and O–H groups in total. The number of likely N-dealkylation sites (tertiary alicyclic amines) is 1. The minimum atomic E-state index is -0.121. The molecule has 0 saturated carbocycles. The van der Waals surface area contributed by atoms with Crippen molar-refractivity contribution in [2.24, 2.45) is 0 Å². The van der Waals surface area contributed by atoms with Crippen LogP contribution in [0.25, 0.3) is 0 Å². The second-order valence-corrected chi connectivity index (χ2v) is 5.32. The molecule has 0 aliphatic carbocycles. The molecule has 0 bridgehead atoms. The van der Waals surface area contributed by atoms with E-state index < -0.39 is 0 Å². The van der Waals surface area contributed by atoms with Crippen LogP contribution in [-0.4, -0.2) is 54.5 Å². The van der Waals surface area contributed by atoms with Crippen LogP contribution in [0.15, 0.2) is 18.3 Å². The summed E-state index contributed by atoms with van der Waals surface area (Å²) < 4.78 is 4.78. The fourth-order valence-electron chi connectivity index (χ4n) is 2.31. The summed E-state index contributed by atoms with van der Waals surface area (Å²) >= 11 is 5.71. The molecule has 0 spiro atoms. The summed E-state index contributed by atoms with van der Waals surface area (Å²) in [5.41, 5.74) is 0.529. The minimum Gasteiger partial charge on any atom is -0.375 e. The first kappa shape index (κ1) is 15.7. The van der Waals surface area contributed by atoms with Crippen LogP contribution in [-0.2, 0) is 9.53 Å². The summed E-state index contributed by atoms with van der Waals surface area (Å²) in [6, 6.07) is 3.37. The van der Waals surface area contributed by atoms with Crippen molar-refractivity contribution < 1.29 is 14.3 Å². The number of piperidine rings is 1. The average molecular weight is 312 g/mol. The van der Waals surface area contributed by atoms with Crippen molar-refractivity contribution >= 4 is 23.4 Å². The van der Waals surface area contributed by atoms with Crippen LogP contribution in [0.3, 0.4) is 0 Å². The lowest BCUT2D eigenvalue weighted by atomic mass is 10.0. The molecule has 7 heteroatoms. The van der Waals surface area contributed by atoms with Gasteiger partial charge in [0.2, 0.25) is 5.91 Å². The number of methoxy groups -OCH3 is 1. The Morgan fingerprint density at radius 1 is 1.43 bits per heavy atom. The van der Waals surface area contributed by atoms with Gasteiger partial charge in [-0.05, 0) is 25.0 Å². The molecule has 0 atom stereocenters. The van der Waals surface area contributed by atoms with E-state index in [0.29, 0.717) is 23.8 Å². The molecule has 2 heterocycles. The number of nitrogens with zero attached hydrogens (tertiary/aromatic N) is 2. The lowest BCUT2D eigenvalue weighted by molar-refractivity contribution is -0.125. The van der Waals surface area contributed by atoms with Crippen LogP contribution in [0.1, 0.15) is 23.2 Å². The van der Waals surface area contributed by atoms with Gasteiger partial charge in [0.1, 0.15) is 11.8 Å². The molecule has 1 aromatic rings. The molecule has 0 radical (unpaired) electrons. The maximum atomic E-state index is 12.3. The number of pyridine rings is 1. The Hall–Kier alpha value is -1.66. The molecule has 1 aliphatic rings. The van der Waals surface area contributed by atoms with E-state index in [2.05, 4.69) is 10.3 Å². The van der Waals surface area contributed by atoms with E-state index in [1.165, 1.54) is 13.3 Å². The van der Waals surface area contributed by atoms with Gasteiger partial charge in [-0.3, -0.25) is 9.59 Å². The molecule has 1 saturated heterocycles. The van der Waals surface area contributed by atoms with E-state index in [1.807, 2.05) is 0 Å². The van der Waals surface area contributed by atoms with Crippen molar-refractivity contribution in [3.8, 4) is 0 Å². The largest absolute Gasteiger partial charge is 0.375 e. The van der Waals surface area contributed by atoms with E-state index in [-0.39, 0.29) is 24.5 Å². The predicted molar refractivity (Wildman–Crippen MR) is 78.2 cm³/mol. The highest BCUT2D eigenvalue weighted by atomic mass is 35.5. The number of nitrogens with one attached hydrogen (secondary N) is 1. The number of rotatable bonds is 4. The molecule has 1 aromatic heterocycles. The molecule has 2 amide bonds. The standard InChI is InChI=1S/C14H18ClN3O3/c1-21-9-13(19)17-11-4-6-18(7-5-11)14(20)10-2-3-12(15)16-8-10/h2-3,8,11H,4-7,9H2,1H3,(H,17,19). The minimum absolute atomic E-state index is 0.0548. The van der Waals surface area contributed by atoms with Crippen molar-refractivity contribution in [3.63, 3.8) is 0 Å². The highest BCUT2D eigenvalue weighted by molar-refractivity contribution is 6.29. The van der Waals surface area contributed by atoms with Crippen LogP contribution in [0.5, 0.6) is 0 Å². The van der Waals surface area contributed by atoms with Gasteiger partial charge in [-0.1, -0.05) is 11.6 Å². The summed E-state index contributed by atoms with van der Waals surface area (Å²) in [6.45, 7) is 1.29. The van der Waals surface area contributed by atoms with Crippen LogP contribution >= 0.6 is 11.6 Å². The van der Waals surface area contributed by atoms with E-state index in [1.54, 1.807) is 17.0 Å². The number of hydrogen-bond donors (Lipinski definition) is 1. The number of hydrogen-bond acceptors (Lipinski definition) is 4. The molecule has 0 aromatic carbocycles. The molecule has 0 unspecified atom stereocenters. The third-order valence-corrected chi connectivity index (χ3v) is 3.62. The van der Waals surface area contributed by atoms with Crippen molar-refractivity contribution in [1.82, 2.24) is 15.2 Å². The predicted octanol–water partition coefficient (Wildman–Crippen LogP) is 1.10. The summed E-state index contributed by atoms with van der Waals surface area (Å²) in [4.78, 5) is 29.4. The molecule has 6 nitrogen and oxygen atoms in total. The summed E-state index contributed by atoms with van der Waals surface area (Å²) in [5, 5.41) is 3.26. The number of ether oxygens (including phenoxy) is 1. The zero-order chi connectivity index (χ0) is 15.2. The van der Waals surface area contributed by atoms with Gasteiger partial charge in [-0.2, -0.15) is 0 Å². The van der Waals surface area contributed by atoms with Gasteiger partial charge in [0.05, 0.1) is 5.56 Å². The van der Waals surface area contributed by atoms with E-state index in [4.69, 9.17) is 16.3 Å². The zero-order valence-corrected chi connectivity index (χ0v) is 12.6. The first-order valence-electron chi connectivity index (χ1n) is 6.79. The van der Waals surface area contributed by atoms with Gasteiger partial charge in [-0.25, -0.2) is 4.98 Å². The third kappa shape index (κ3) is 4.41. The lowest BCUT2D eigenvalue weighted by Gasteiger charge is -2.32. The Balaban J connectivity index is 1.84. The quantitative estimate of drug-likeness (QED) is 0.845. The second-order valence-electron chi connectivity index (χ2n) is 4.94. The maximum Gasteiger partial charge on any atom is 0.255 e. The van der Waals surface area contributed by atoms with Crippen LogP contribution < -0.4 is 5.32 Å². The first-order chi connectivity index (χ1) is 10.1. The topological polar surface area (TPSA) is 71.5 Å². The van der Waals surface area contributed by atoms with Gasteiger partial charge in [0, 0.05) is 32.4 Å². The number of amides is 2. The Morgan fingerprint density at radius 2 is 2.14 bits per heavy atom. The van der Waals surface area contributed by atoms with E-state index in [9.17, 15) is 9.59 Å². The molecule has 114 valence electrons. The highest BCUT2D eigenvalue weighted by Crippen LogP contribution is 2.14. The SMILES string of the molecule is COCC(=O)NC1CCN(C(=O)c2ccc(Cl)nc2)CC1. The molecular weight excluding hydrogens is 294 g/mol. The van der Waals surface area contributed by atoms with Gasteiger partial charge in [0.15, 0.2) is 0 Å². The molecule has 1 fully saturated rings. The average Bonchev–Trinajstić information content (AvgIpc) is 2.48. The number of carbonyl (C=O) groups is 2. The number of aromatic nitrogens is 1. The summed E-state index contributed by atoms with van der Waals surface area (Å²) in [5.74, 6) is -0.176. The van der Waals surface area contributed by atoms with Crippen molar-refractivity contribution in [2.75, 3.05) is 26.8 Å². The van der Waals surface area contributed by atoms with E-state index in [0.717, 1.165) is 12.8 Å². The molecule has 2 rings (SSSR count). The zero-order valence-electron chi connectivity index (χ0n) is 11.8. The molecular formula is C14H18ClN3O3. The highest BCUT2D eigenvalue weighted by Gasteiger charge is 2.24. The van der Waals surface area contributed by atoms with Crippen molar-refractivity contribution in [2.45, 2.75) is 18.9 Å². The van der Waals surface area contributed by atoms with Gasteiger partial charge >= 0.3 is 0 Å². The fourth-order valence-corrected chi connectivity index (χ4v) is 2.42. The Labute approximate surface area is 128 Å². The van der Waals surface area contributed by atoms with Crippen molar-refractivity contribution in [3.05, 3.63) is 29.0 Å². The van der Waals surface area contributed by atoms with Crippen LogP contribution in [0.2, 0.25) is 5.15 Å².